The third-order valence-electron chi connectivity index (χ3n) is 2.44. The Kier molecular flexibility index (Phi) is 4.31. The minimum Gasteiger partial charge on any atom is -0.328 e. The molecule has 5 nitrogen and oxygen atoms in total. The maximum atomic E-state index is 11.0. The molecule has 0 bridgehead atoms. The fraction of sp³-hybridized carbons (Fsp3) is 1.00. The van der Waals surface area contributed by atoms with Crippen molar-refractivity contribution in [1.82, 2.24) is 4.89 Å². The summed E-state index contributed by atoms with van der Waals surface area (Å²) in [5.74, 6) is 0.0409. The predicted octanol–water partition coefficient (Wildman–Crippen LogP) is 0.127. The Morgan fingerprint density at radius 3 is 2.43 bits per heavy atom. The van der Waals surface area contributed by atoms with Gasteiger partial charge in [0, 0.05) is 6.04 Å². The van der Waals surface area contributed by atoms with Crippen molar-refractivity contribution >= 4 is 10.0 Å². The number of rotatable bonds is 4. The van der Waals surface area contributed by atoms with E-state index in [9.17, 15) is 8.42 Å². The van der Waals surface area contributed by atoms with Crippen LogP contribution in [0.4, 0.5) is 0 Å². The predicted molar refractivity (Wildman–Crippen MR) is 53.9 cm³/mol. The highest BCUT2D eigenvalue weighted by Gasteiger charge is 2.20. The van der Waals surface area contributed by atoms with Crippen molar-refractivity contribution in [2.45, 2.75) is 44.8 Å². The van der Waals surface area contributed by atoms with E-state index in [-0.39, 0.29) is 17.9 Å². The topological polar surface area (TPSA) is 81.4 Å². The number of nitrogens with one attached hydrogen (secondary N) is 1. The number of hydrogen-bond donors (Lipinski definition) is 2. The molecule has 0 heterocycles. The summed E-state index contributed by atoms with van der Waals surface area (Å²) in [5, 5.41) is 0. The van der Waals surface area contributed by atoms with Crippen LogP contribution in [0.2, 0.25) is 0 Å². The molecule has 0 amide bonds. The van der Waals surface area contributed by atoms with E-state index in [2.05, 4.69) is 4.89 Å². The molecule has 0 aromatic heterocycles. The summed E-state index contributed by atoms with van der Waals surface area (Å²) in [4.78, 5) is 7.22. The maximum Gasteiger partial charge on any atom is 0.233 e. The first-order chi connectivity index (χ1) is 6.53. The molecule has 84 valence electrons. The van der Waals surface area contributed by atoms with E-state index in [0.717, 1.165) is 25.7 Å². The van der Waals surface area contributed by atoms with Crippen LogP contribution in [0.25, 0.3) is 0 Å². The van der Waals surface area contributed by atoms with Crippen LogP contribution >= 0.6 is 0 Å². The Labute approximate surface area is 85.0 Å². The first kappa shape index (κ1) is 11.9. The van der Waals surface area contributed by atoms with Gasteiger partial charge in [0.2, 0.25) is 10.0 Å². The lowest BCUT2D eigenvalue weighted by Crippen LogP contribution is -2.35. The Morgan fingerprint density at radius 2 is 1.93 bits per heavy atom. The van der Waals surface area contributed by atoms with Crippen molar-refractivity contribution in [2.24, 2.45) is 5.73 Å². The van der Waals surface area contributed by atoms with Gasteiger partial charge >= 0.3 is 0 Å². The van der Waals surface area contributed by atoms with Crippen LogP contribution in [0.5, 0.6) is 0 Å². The molecule has 1 fully saturated rings. The molecular weight excluding hydrogens is 204 g/mol. The quantitative estimate of drug-likeness (QED) is 0.662. The minimum absolute atomic E-state index is 0.0175. The lowest BCUT2D eigenvalue weighted by Gasteiger charge is -2.25. The van der Waals surface area contributed by atoms with E-state index < -0.39 is 10.0 Å². The Morgan fingerprint density at radius 1 is 1.36 bits per heavy atom. The van der Waals surface area contributed by atoms with Crippen LogP contribution in [0, 0.1) is 0 Å². The Hall–Kier alpha value is -0.170. The summed E-state index contributed by atoms with van der Waals surface area (Å²) in [5.41, 5.74) is 5.71. The number of hydrogen-bond acceptors (Lipinski definition) is 4. The average molecular weight is 222 g/mol. The SMILES string of the molecule is CCS(=O)(=O)NOC1CCC(N)CC1. The zero-order chi connectivity index (χ0) is 10.6. The van der Waals surface area contributed by atoms with Crippen molar-refractivity contribution in [2.75, 3.05) is 5.75 Å². The monoisotopic (exact) mass is 222 g/mol. The Balaban J connectivity index is 2.26. The van der Waals surface area contributed by atoms with Gasteiger partial charge in [-0.15, -0.1) is 0 Å². The van der Waals surface area contributed by atoms with Crippen LogP contribution in [0.1, 0.15) is 32.6 Å². The second-order valence-corrected chi connectivity index (χ2v) is 5.61. The summed E-state index contributed by atoms with van der Waals surface area (Å²) < 4.78 is 22.1. The van der Waals surface area contributed by atoms with Crippen molar-refractivity contribution in [3.05, 3.63) is 0 Å². The van der Waals surface area contributed by atoms with E-state index in [1.165, 1.54) is 0 Å². The van der Waals surface area contributed by atoms with Crippen LogP contribution in [0.3, 0.4) is 0 Å². The molecular formula is C8H18N2O3S. The third-order valence-corrected chi connectivity index (χ3v) is 3.55. The highest BCUT2D eigenvalue weighted by molar-refractivity contribution is 7.89. The highest BCUT2D eigenvalue weighted by Crippen LogP contribution is 2.18. The standard InChI is InChI=1S/C8H18N2O3S/c1-2-14(11,12)10-13-8-5-3-7(9)4-6-8/h7-8,10H,2-6,9H2,1H3. The van der Waals surface area contributed by atoms with Gasteiger partial charge in [0.1, 0.15) is 0 Å². The van der Waals surface area contributed by atoms with Crippen LogP contribution in [-0.2, 0) is 14.9 Å². The summed E-state index contributed by atoms with van der Waals surface area (Å²) >= 11 is 0. The molecule has 0 radical (unpaired) electrons. The van der Waals surface area contributed by atoms with E-state index in [1.54, 1.807) is 6.92 Å². The van der Waals surface area contributed by atoms with Gasteiger partial charge < -0.3 is 5.73 Å². The molecule has 3 N–H and O–H groups in total. The molecule has 14 heavy (non-hydrogen) atoms. The maximum absolute atomic E-state index is 11.0. The van der Waals surface area contributed by atoms with Crippen molar-refractivity contribution in [3.63, 3.8) is 0 Å². The fourth-order valence-electron chi connectivity index (χ4n) is 1.41. The van der Waals surface area contributed by atoms with Gasteiger partial charge in [0.05, 0.1) is 11.9 Å². The van der Waals surface area contributed by atoms with Gasteiger partial charge in [-0.1, -0.05) is 4.89 Å². The molecule has 1 aliphatic rings. The number of sulfonamides is 1. The molecule has 0 atom stereocenters. The lowest BCUT2D eigenvalue weighted by atomic mass is 9.94. The normalized spacial score (nSPS) is 29.0. The Bertz CT molecular complexity index is 258. The second kappa shape index (κ2) is 5.06. The van der Waals surface area contributed by atoms with Gasteiger partial charge in [-0.2, -0.15) is 0 Å². The molecule has 6 heteroatoms. The van der Waals surface area contributed by atoms with E-state index in [0.29, 0.717) is 0 Å². The summed E-state index contributed by atoms with van der Waals surface area (Å²) in [6.45, 7) is 1.57. The second-order valence-electron chi connectivity index (χ2n) is 3.64. The molecule has 1 aliphatic carbocycles. The summed E-state index contributed by atoms with van der Waals surface area (Å²) in [6.07, 6.45) is 3.44. The molecule has 0 saturated heterocycles. The molecule has 1 saturated carbocycles. The molecule has 0 aromatic carbocycles. The number of nitrogens with two attached hydrogens (primary N) is 1. The van der Waals surface area contributed by atoms with Crippen LogP contribution < -0.4 is 10.6 Å². The smallest absolute Gasteiger partial charge is 0.233 e. The molecule has 1 rings (SSSR count). The fourth-order valence-corrected chi connectivity index (χ4v) is 1.81. The van der Waals surface area contributed by atoms with Crippen molar-refractivity contribution in [1.29, 1.82) is 0 Å². The van der Waals surface area contributed by atoms with Crippen LogP contribution in [0.15, 0.2) is 0 Å². The third kappa shape index (κ3) is 3.91. The molecule has 0 aromatic rings. The minimum atomic E-state index is -3.24. The lowest BCUT2D eigenvalue weighted by molar-refractivity contribution is -0.00641. The molecule has 0 unspecified atom stereocenters. The van der Waals surface area contributed by atoms with E-state index >= 15 is 0 Å². The zero-order valence-corrected chi connectivity index (χ0v) is 9.22. The zero-order valence-electron chi connectivity index (χ0n) is 8.40. The average Bonchev–Trinajstić information content (AvgIpc) is 2.17. The molecule has 0 aliphatic heterocycles. The first-order valence-electron chi connectivity index (χ1n) is 4.94. The van der Waals surface area contributed by atoms with E-state index in [1.807, 2.05) is 0 Å². The van der Waals surface area contributed by atoms with Crippen molar-refractivity contribution in [3.8, 4) is 0 Å². The highest BCUT2D eigenvalue weighted by atomic mass is 32.2. The van der Waals surface area contributed by atoms with Gasteiger partial charge in [-0.3, -0.25) is 4.84 Å². The summed E-state index contributed by atoms with van der Waals surface area (Å²) in [6, 6.07) is 0.248. The van der Waals surface area contributed by atoms with Crippen LogP contribution in [-0.4, -0.2) is 26.3 Å². The van der Waals surface area contributed by atoms with Gasteiger partial charge in [0.25, 0.3) is 0 Å². The first-order valence-corrected chi connectivity index (χ1v) is 6.59. The molecule has 0 spiro atoms. The van der Waals surface area contributed by atoms with Gasteiger partial charge in [-0.05, 0) is 32.6 Å². The van der Waals surface area contributed by atoms with Gasteiger partial charge in [0.15, 0.2) is 0 Å². The van der Waals surface area contributed by atoms with E-state index in [4.69, 9.17) is 10.6 Å². The summed E-state index contributed by atoms with van der Waals surface area (Å²) in [7, 11) is -3.24. The van der Waals surface area contributed by atoms with Crippen molar-refractivity contribution < 1.29 is 13.3 Å². The van der Waals surface area contributed by atoms with Gasteiger partial charge in [-0.25, -0.2) is 8.42 Å². The largest absolute Gasteiger partial charge is 0.328 e.